The number of nitrogens with one attached hydrogen (secondary N) is 2. The lowest BCUT2D eigenvalue weighted by Crippen LogP contribution is -2.41. The van der Waals surface area contributed by atoms with Gasteiger partial charge in [-0.05, 0) is 55.3 Å². The largest absolute Gasteiger partial charge is 0.352 e. The summed E-state index contributed by atoms with van der Waals surface area (Å²) in [6, 6.07) is 14.3. The summed E-state index contributed by atoms with van der Waals surface area (Å²) in [5.74, 6) is -0.576. The van der Waals surface area contributed by atoms with Gasteiger partial charge in [-0.1, -0.05) is 17.6 Å². The van der Waals surface area contributed by atoms with Crippen molar-refractivity contribution in [2.75, 3.05) is 10.0 Å². The lowest BCUT2D eigenvalue weighted by Gasteiger charge is -2.19. The fourth-order valence-electron chi connectivity index (χ4n) is 4.84. The van der Waals surface area contributed by atoms with E-state index < -0.39 is 32.6 Å². The Balaban J connectivity index is 1.59. The molecule has 0 spiro atoms. The van der Waals surface area contributed by atoms with Gasteiger partial charge in [0.05, 0.1) is 22.7 Å². The number of anilines is 3. The van der Waals surface area contributed by atoms with Crippen molar-refractivity contribution < 1.29 is 12.8 Å². The molecule has 1 aliphatic carbocycles. The predicted molar refractivity (Wildman–Crippen MR) is 160 cm³/mol. The molecule has 42 heavy (non-hydrogen) atoms. The van der Waals surface area contributed by atoms with Crippen molar-refractivity contribution >= 4 is 51.4 Å². The number of aryl methyl sites for hydroxylation is 1. The lowest BCUT2D eigenvalue weighted by molar-refractivity contribution is 0.601. The lowest BCUT2D eigenvalue weighted by atomic mass is 9.96. The zero-order valence-electron chi connectivity index (χ0n) is 22.5. The highest BCUT2D eigenvalue weighted by molar-refractivity contribution is 7.92. The third-order valence-corrected chi connectivity index (χ3v) is 8.42. The number of aromatic nitrogens is 4. The Morgan fingerprint density at radius 3 is 2.48 bits per heavy atom. The van der Waals surface area contributed by atoms with Crippen molar-refractivity contribution in [3.63, 3.8) is 0 Å². The zero-order chi connectivity index (χ0) is 29.8. The van der Waals surface area contributed by atoms with Gasteiger partial charge in [0.15, 0.2) is 0 Å². The molecule has 0 saturated heterocycles. The molecule has 3 heterocycles. The molecule has 3 aromatic heterocycles. The Morgan fingerprint density at radius 2 is 1.79 bits per heavy atom. The van der Waals surface area contributed by atoms with Crippen LogP contribution in [0.15, 0.2) is 92.3 Å². The molecule has 1 fully saturated rings. The normalized spacial score (nSPS) is 13.3. The molecule has 5 aromatic rings. The minimum atomic E-state index is -4.00. The van der Waals surface area contributed by atoms with Crippen molar-refractivity contribution in [3.05, 3.63) is 110 Å². The van der Waals surface area contributed by atoms with Gasteiger partial charge in [0, 0.05) is 31.5 Å². The Kier molecular flexibility index (Phi) is 6.57. The molecule has 2 N–H and O–H groups in total. The van der Waals surface area contributed by atoms with E-state index in [0.29, 0.717) is 18.3 Å². The monoisotopic (exact) mass is 586 g/mol. The summed E-state index contributed by atoms with van der Waals surface area (Å²) in [7, 11) is -0.845. The van der Waals surface area contributed by atoms with Crippen molar-refractivity contribution in [1.82, 2.24) is 18.7 Å². The number of nitrogens with zero attached hydrogens (tertiary/aromatic N) is 4. The van der Waals surface area contributed by atoms with Gasteiger partial charge >= 0.3 is 5.69 Å². The van der Waals surface area contributed by atoms with Crippen LogP contribution in [-0.4, -0.2) is 34.9 Å². The molecular formula is C28H24BFN6O5S. The third-order valence-electron chi connectivity index (χ3n) is 7.06. The summed E-state index contributed by atoms with van der Waals surface area (Å²) >= 11 is 0. The van der Waals surface area contributed by atoms with Crippen molar-refractivity contribution in [3.8, 4) is 5.69 Å². The summed E-state index contributed by atoms with van der Waals surface area (Å²) < 4.78 is 46.7. The fraction of sp³-hybridized carbons (Fsp3) is 0.143. The Hall–Kier alpha value is -4.98. The second-order valence-corrected chi connectivity index (χ2v) is 11.8. The summed E-state index contributed by atoms with van der Waals surface area (Å²) in [5, 5.41) is 2.89. The number of fused-ring (bicyclic) bond motifs is 1. The Bertz CT molecular complexity index is 2180. The first-order valence-electron chi connectivity index (χ1n) is 13.0. The van der Waals surface area contributed by atoms with E-state index >= 15 is 0 Å². The van der Waals surface area contributed by atoms with Gasteiger partial charge in [0.2, 0.25) is 0 Å². The van der Waals surface area contributed by atoms with E-state index in [-0.39, 0.29) is 44.7 Å². The average molecular weight is 586 g/mol. The molecule has 6 rings (SSSR count). The highest BCUT2D eigenvalue weighted by Gasteiger charge is 2.31. The van der Waals surface area contributed by atoms with Crippen molar-refractivity contribution in [1.29, 1.82) is 0 Å². The van der Waals surface area contributed by atoms with Crippen molar-refractivity contribution in [2.45, 2.75) is 23.8 Å². The number of hydrogen-bond donors (Lipinski definition) is 2. The molecule has 14 heteroatoms. The number of halogens is 1. The van der Waals surface area contributed by atoms with E-state index in [1.165, 1.54) is 71.0 Å². The van der Waals surface area contributed by atoms with E-state index in [0.717, 1.165) is 4.57 Å². The zero-order valence-corrected chi connectivity index (χ0v) is 23.4. The number of sulfonamides is 1. The quantitative estimate of drug-likeness (QED) is 0.276. The molecule has 11 nitrogen and oxygen atoms in total. The number of rotatable bonds is 7. The Morgan fingerprint density at radius 1 is 1.00 bits per heavy atom. The summed E-state index contributed by atoms with van der Waals surface area (Å²) in [4.78, 5) is 44.7. The van der Waals surface area contributed by atoms with Gasteiger partial charge in [-0.3, -0.25) is 28.4 Å². The van der Waals surface area contributed by atoms with Crippen LogP contribution in [-0.2, 0) is 17.1 Å². The van der Waals surface area contributed by atoms with Gasteiger partial charge < -0.3 is 5.32 Å². The first-order valence-corrected chi connectivity index (χ1v) is 14.5. The van der Waals surface area contributed by atoms with Gasteiger partial charge in [0.1, 0.15) is 29.6 Å². The standard InChI is InChI=1S/C28H24BFN6O5S/c1-34-24(37)14-23(32-22-10-7-16(29)12-21(22)30)25-26(34)35(28(39)36(27(25)38)18-8-9-18)19-5-2-4-17(13-19)33-42(40,41)20-6-3-11-31-15-20/h2-7,10-15,18,32-33H,8-9,29H2,1H3. The molecule has 0 aliphatic heterocycles. The molecule has 1 aliphatic rings. The van der Waals surface area contributed by atoms with E-state index in [1.54, 1.807) is 26.0 Å². The SMILES string of the molecule is Bc1ccc(Nc2cc(=O)n(C)c3c2c(=O)n(C2CC2)c(=O)n3-c2cccc(NS(=O)(=O)c3cccnc3)c2)c(F)c1. The summed E-state index contributed by atoms with van der Waals surface area (Å²) in [5.41, 5.74) is -0.755. The molecule has 0 unspecified atom stereocenters. The number of pyridine rings is 2. The van der Waals surface area contributed by atoms with Crippen LogP contribution < -0.4 is 32.3 Å². The van der Waals surface area contributed by atoms with Gasteiger partial charge in [-0.25, -0.2) is 22.2 Å². The summed E-state index contributed by atoms with van der Waals surface area (Å²) in [6.07, 6.45) is 3.89. The average Bonchev–Trinajstić information content (AvgIpc) is 3.78. The molecular weight excluding hydrogens is 562 g/mol. The maximum atomic E-state index is 14.8. The van der Waals surface area contributed by atoms with E-state index in [2.05, 4.69) is 15.0 Å². The maximum Gasteiger partial charge on any atom is 0.337 e. The van der Waals surface area contributed by atoms with Gasteiger partial charge in [-0.15, -0.1) is 0 Å². The molecule has 212 valence electrons. The molecule has 0 atom stereocenters. The fourth-order valence-corrected chi connectivity index (χ4v) is 5.86. The van der Waals surface area contributed by atoms with Crippen LogP contribution in [0.5, 0.6) is 0 Å². The summed E-state index contributed by atoms with van der Waals surface area (Å²) in [6.45, 7) is 0. The molecule has 0 amide bonds. The second-order valence-electron chi connectivity index (χ2n) is 10.1. The predicted octanol–water partition coefficient (Wildman–Crippen LogP) is 1.52. The van der Waals surface area contributed by atoms with Crippen LogP contribution in [0.1, 0.15) is 18.9 Å². The maximum absolute atomic E-state index is 14.8. The van der Waals surface area contributed by atoms with Gasteiger partial charge in [-0.2, -0.15) is 0 Å². The number of benzene rings is 2. The number of hydrogen-bond acceptors (Lipinski definition) is 7. The molecule has 0 bridgehead atoms. The Labute approximate surface area is 239 Å². The minimum absolute atomic E-state index is 0.00455. The highest BCUT2D eigenvalue weighted by atomic mass is 32.2. The van der Waals surface area contributed by atoms with E-state index in [9.17, 15) is 27.2 Å². The van der Waals surface area contributed by atoms with E-state index in [1.807, 2.05) is 0 Å². The van der Waals surface area contributed by atoms with Crippen LogP contribution in [0, 0.1) is 5.82 Å². The van der Waals surface area contributed by atoms with Crippen LogP contribution in [0.3, 0.4) is 0 Å². The molecule has 2 aromatic carbocycles. The topological polar surface area (TPSA) is 137 Å². The second kappa shape index (κ2) is 10.1. The van der Waals surface area contributed by atoms with Crippen molar-refractivity contribution in [2.24, 2.45) is 7.05 Å². The van der Waals surface area contributed by atoms with Crippen LogP contribution in [0.2, 0.25) is 0 Å². The van der Waals surface area contributed by atoms with Crippen LogP contribution in [0.25, 0.3) is 16.7 Å². The molecule has 1 saturated carbocycles. The smallest absolute Gasteiger partial charge is 0.337 e. The minimum Gasteiger partial charge on any atom is -0.352 e. The first kappa shape index (κ1) is 27.2. The van der Waals surface area contributed by atoms with Crippen LogP contribution in [0.4, 0.5) is 21.5 Å². The molecule has 0 radical (unpaired) electrons. The van der Waals surface area contributed by atoms with Gasteiger partial charge in [0.25, 0.3) is 21.1 Å². The first-order chi connectivity index (χ1) is 20.0. The third kappa shape index (κ3) is 4.79. The van der Waals surface area contributed by atoms with E-state index in [4.69, 9.17) is 0 Å². The van der Waals surface area contributed by atoms with Crippen LogP contribution >= 0.6 is 0 Å². The highest BCUT2D eigenvalue weighted by Crippen LogP contribution is 2.34.